The summed E-state index contributed by atoms with van der Waals surface area (Å²) >= 11 is 1.86. The van der Waals surface area contributed by atoms with Gasteiger partial charge in [0.15, 0.2) is 5.96 Å². The Hall–Kier alpha value is -1.13. The first kappa shape index (κ1) is 26.1. The number of halogens is 1. The van der Waals surface area contributed by atoms with Crippen LogP contribution < -0.4 is 10.6 Å². The van der Waals surface area contributed by atoms with Crippen LogP contribution >= 0.6 is 35.3 Å². The number of aliphatic imine (C=N–C) groups is 1. The fourth-order valence-corrected chi connectivity index (χ4v) is 5.06. The summed E-state index contributed by atoms with van der Waals surface area (Å²) in [4.78, 5) is 9.00. The second-order valence-corrected chi connectivity index (χ2v) is 9.60. The number of aryl methyl sites for hydroxylation is 2. The molecule has 3 rings (SSSR count). The van der Waals surface area contributed by atoms with Gasteiger partial charge in [0.05, 0.1) is 5.69 Å². The number of nitrogens with zero attached hydrogens (tertiary/aromatic N) is 4. The van der Waals surface area contributed by atoms with E-state index in [1.807, 2.05) is 23.1 Å². The van der Waals surface area contributed by atoms with Gasteiger partial charge in [0.2, 0.25) is 0 Å². The molecule has 0 aromatic carbocycles. The molecular formula is C23H39IN6S. The number of aromatic nitrogens is 2. The molecule has 31 heavy (non-hydrogen) atoms. The van der Waals surface area contributed by atoms with Crippen molar-refractivity contribution in [2.45, 2.75) is 59.5 Å². The molecule has 0 radical (unpaired) electrons. The van der Waals surface area contributed by atoms with Crippen molar-refractivity contribution in [3.8, 4) is 0 Å². The number of nitrogens with one attached hydrogen (secondary N) is 2. The van der Waals surface area contributed by atoms with Crippen LogP contribution in [0, 0.1) is 19.8 Å². The van der Waals surface area contributed by atoms with Gasteiger partial charge in [-0.1, -0.05) is 6.07 Å². The maximum atomic E-state index is 4.95. The van der Waals surface area contributed by atoms with Gasteiger partial charge in [-0.15, -0.1) is 35.3 Å². The van der Waals surface area contributed by atoms with Crippen LogP contribution in [0.2, 0.25) is 0 Å². The van der Waals surface area contributed by atoms with E-state index in [0.717, 1.165) is 44.3 Å². The molecule has 0 saturated carbocycles. The third-order valence-corrected chi connectivity index (χ3v) is 6.83. The first-order chi connectivity index (χ1) is 14.5. The van der Waals surface area contributed by atoms with Gasteiger partial charge in [0, 0.05) is 49.8 Å². The van der Waals surface area contributed by atoms with Crippen molar-refractivity contribution in [1.29, 1.82) is 0 Å². The Morgan fingerprint density at radius 1 is 1.39 bits per heavy atom. The largest absolute Gasteiger partial charge is 0.357 e. The zero-order valence-electron chi connectivity index (χ0n) is 19.6. The second kappa shape index (κ2) is 12.8. The fourth-order valence-electron chi connectivity index (χ4n) is 4.31. The van der Waals surface area contributed by atoms with Crippen molar-refractivity contribution < 1.29 is 0 Å². The van der Waals surface area contributed by atoms with E-state index < -0.39 is 0 Å². The van der Waals surface area contributed by atoms with Crippen molar-refractivity contribution in [3.05, 3.63) is 39.3 Å². The molecule has 1 fully saturated rings. The Morgan fingerprint density at radius 3 is 2.84 bits per heavy atom. The van der Waals surface area contributed by atoms with Crippen molar-refractivity contribution in [2.75, 3.05) is 26.2 Å². The van der Waals surface area contributed by atoms with E-state index >= 15 is 0 Å². The van der Waals surface area contributed by atoms with Crippen molar-refractivity contribution in [1.82, 2.24) is 25.3 Å². The summed E-state index contributed by atoms with van der Waals surface area (Å²) < 4.78 is 1.97. The molecule has 2 aromatic heterocycles. The number of piperidine rings is 1. The van der Waals surface area contributed by atoms with Crippen LogP contribution in [0.25, 0.3) is 0 Å². The van der Waals surface area contributed by atoms with Crippen LogP contribution in [0.5, 0.6) is 0 Å². The number of hydrogen-bond acceptors (Lipinski definition) is 4. The van der Waals surface area contributed by atoms with E-state index in [4.69, 9.17) is 4.99 Å². The third kappa shape index (κ3) is 7.75. The second-order valence-electron chi connectivity index (χ2n) is 8.56. The van der Waals surface area contributed by atoms with Gasteiger partial charge >= 0.3 is 0 Å². The van der Waals surface area contributed by atoms with E-state index in [1.165, 1.54) is 35.5 Å². The molecular weight excluding hydrogens is 519 g/mol. The predicted octanol–water partition coefficient (Wildman–Crippen LogP) is 4.11. The third-order valence-electron chi connectivity index (χ3n) is 5.97. The Bertz CT molecular complexity index is 816. The summed E-state index contributed by atoms with van der Waals surface area (Å²) in [6.07, 6.45) is 3.49. The number of rotatable bonds is 8. The summed E-state index contributed by atoms with van der Waals surface area (Å²) in [7, 11) is 2.02. The van der Waals surface area contributed by atoms with Gasteiger partial charge in [-0.3, -0.25) is 14.6 Å². The summed E-state index contributed by atoms with van der Waals surface area (Å²) in [6, 6.07) is 4.69. The van der Waals surface area contributed by atoms with Gasteiger partial charge in [-0.25, -0.2) is 0 Å². The lowest BCUT2D eigenvalue weighted by atomic mass is 9.98. The minimum Gasteiger partial charge on any atom is -0.357 e. The van der Waals surface area contributed by atoms with Gasteiger partial charge in [0.25, 0.3) is 0 Å². The molecule has 2 unspecified atom stereocenters. The normalized spacial score (nSPS) is 18.5. The highest BCUT2D eigenvalue weighted by molar-refractivity contribution is 14.0. The molecule has 2 aromatic rings. The van der Waals surface area contributed by atoms with Crippen LogP contribution in [-0.4, -0.2) is 52.9 Å². The van der Waals surface area contributed by atoms with E-state index in [1.54, 1.807) is 0 Å². The van der Waals surface area contributed by atoms with Crippen LogP contribution in [0.1, 0.15) is 48.5 Å². The molecule has 6 nitrogen and oxygen atoms in total. The van der Waals surface area contributed by atoms with Gasteiger partial charge in [0.1, 0.15) is 0 Å². The van der Waals surface area contributed by atoms with Crippen LogP contribution in [0.3, 0.4) is 0 Å². The van der Waals surface area contributed by atoms with E-state index in [-0.39, 0.29) is 24.0 Å². The highest BCUT2D eigenvalue weighted by Crippen LogP contribution is 2.20. The molecule has 0 amide bonds. The number of likely N-dealkylation sites (tertiary alicyclic amines) is 1. The van der Waals surface area contributed by atoms with Gasteiger partial charge < -0.3 is 10.6 Å². The van der Waals surface area contributed by atoms with Crippen molar-refractivity contribution in [3.63, 3.8) is 0 Å². The Morgan fingerprint density at radius 2 is 2.19 bits per heavy atom. The summed E-state index contributed by atoms with van der Waals surface area (Å²) in [5, 5.41) is 13.8. The topological polar surface area (TPSA) is 57.5 Å². The lowest BCUT2D eigenvalue weighted by Crippen LogP contribution is -2.44. The Kier molecular flexibility index (Phi) is 10.8. The minimum absolute atomic E-state index is 0. The number of guanidine groups is 1. The summed E-state index contributed by atoms with van der Waals surface area (Å²) in [5.74, 6) is 1.56. The van der Waals surface area contributed by atoms with Crippen LogP contribution in [-0.2, 0) is 20.0 Å². The number of thiophene rings is 1. The quantitative estimate of drug-likeness (QED) is 0.291. The molecule has 2 N–H and O–H groups in total. The monoisotopic (exact) mass is 558 g/mol. The summed E-state index contributed by atoms with van der Waals surface area (Å²) in [6.45, 7) is 13.8. The van der Waals surface area contributed by atoms with E-state index in [0.29, 0.717) is 12.0 Å². The lowest BCUT2D eigenvalue weighted by Gasteiger charge is -2.31. The fraction of sp³-hybridized carbons (Fsp3) is 0.652. The Labute approximate surface area is 208 Å². The average Bonchev–Trinajstić information content (AvgIpc) is 3.30. The minimum atomic E-state index is 0. The standard InChI is InChI=1S/C23H38N6S.HI/c1-6-24-23(26-17(2)13-22-18(3)27-28(5)19(22)4)25-14-20-9-7-11-29(15-20)16-21-10-8-12-30-21;/h8,10,12,17,20H,6-7,9,11,13-16H2,1-5H3,(H2,24,25,26);1H. The molecule has 1 aliphatic rings. The molecule has 1 saturated heterocycles. The predicted molar refractivity (Wildman–Crippen MR) is 143 cm³/mol. The molecule has 1 aliphatic heterocycles. The zero-order valence-corrected chi connectivity index (χ0v) is 22.8. The molecule has 3 heterocycles. The molecule has 0 spiro atoms. The van der Waals surface area contributed by atoms with E-state index in [9.17, 15) is 0 Å². The smallest absolute Gasteiger partial charge is 0.191 e. The van der Waals surface area contributed by atoms with Crippen molar-refractivity contribution in [2.24, 2.45) is 18.0 Å². The van der Waals surface area contributed by atoms with Gasteiger partial charge in [-0.05, 0) is 76.4 Å². The van der Waals surface area contributed by atoms with Crippen LogP contribution in [0.15, 0.2) is 22.5 Å². The molecule has 8 heteroatoms. The maximum Gasteiger partial charge on any atom is 0.191 e. The zero-order chi connectivity index (χ0) is 21.5. The SMILES string of the molecule is CCNC(=NCC1CCCN(Cc2cccs2)C1)NC(C)Cc1c(C)nn(C)c1C.I. The molecule has 0 bridgehead atoms. The first-order valence-corrected chi connectivity index (χ1v) is 12.1. The Balaban J connectivity index is 0.00000341. The highest BCUT2D eigenvalue weighted by atomic mass is 127. The lowest BCUT2D eigenvalue weighted by molar-refractivity contribution is 0.172. The van der Waals surface area contributed by atoms with Crippen molar-refractivity contribution >= 4 is 41.3 Å². The van der Waals surface area contributed by atoms with Gasteiger partial charge in [-0.2, -0.15) is 5.10 Å². The summed E-state index contributed by atoms with van der Waals surface area (Å²) in [5.41, 5.74) is 3.71. The molecule has 2 atom stereocenters. The van der Waals surface area contributed by atoms with Crippen LogP contribution in [0.4, 0.5) is 0 Å². The average molecular weight is 559 g/mol. The maximum absolute atomic E-state index is 4.95. The highest BCUT2D eigenvalue weighted by Gasteiger charge is 2.20. The first-order valence-electron chi connectivity index (χ1n) is 11.2. The number of hydrogen-bond donors (Lipinski definition) is 2. The molecule has 174 valence electrons. The molecule has 0 aliphatic carbocycles. The van der Waals surface area contributed by atoms with E-state index in [2.05, 4.69) is 65.8 Å².